The molecule has 2 aliphatic rings. The molecule has 2 aliphatic heterocycles. The Bertz CT molecular complexity index is 860. The number of methoxy groups -OCH3 is 2. The van der Waals surface area contributed by atoms with Crippen LogP contribution in [0.1, 0.15) is 11.1 Å². The highest BCUT2D eigenvalue weighted by Gasteiger charge is 2.34. The summed E-state index contributed by atoms with van der Waals surface area (Å²) in [5, 5.41) is 14.1. The van der Waals surface area contributed by atoms with Gasteiger partial charge in [-0.05, 0) is 35.9 Å². The molecule has 1 fully saturated rings. The van der Waals surface area contributed by atoms with Crippen LogP contribution >= 0.6 is 0 Å². The van der Waals surface area contributed by atoms with Gasteiger partial charge >= 0.3 is 0 Å². The molecule has 0 atom stereocenters. The first kappa shape index (κ1) is 19.5. The van der Waals surface area contributed by atoms with E-state index in [4.69, 9.17) is 9.47 Å². The number of benzene rings is 2. The molecular formula is C22H29N5O2. The maximum absolute atomic E-state index is 5.57. The first-order valence-electron chi connectivity index (χ1n) is 10.0. The summed E-state index contributed by atoms with van der Waals surface area (Å²) in [4.78, 5) is 4.47. The Labute approximate surface area is 171 Å². The molecule has 0 bridgehead atoms. The van der Waals surface area contributed by atoms with Gasteiger partial charge in [-0.3, -0.25) is 15.6 Å². The summed E-state index contributed by atoms with van der Waals surface area (Å²) in [7, 11) is 3.38. The van der Waals surface area contributed by atoms with E-state index in [1.54, 1.807) is 14.2 Å². The van der Waals surface area contributed by atoms with Gasteiger partial charge in [-0.15, -0.1) is 0 Å². The molecule has 4 rings (SSSR count). The number of ether oxygens (including phenoxy) is 2. The van der Waals surface area contributed by atoms with Gasteiger partial charge in [-0.25, -0.2) is 0 Å². The second-order valence-electron chi connectivity index (χ2n) is 7.37. The molecule has 0 amide bonds. The highest BCUT2D eigenvalue weighted by atomic mass is 16.5. The molecule has 7 nitrogen and oxygen atoms in total. The molecule has 2 heterocycles. The molecule has 1 saturated heterocycles. The summed E-state index contributed by atoms with van der Waals surface area (Å²) in [5.41, 5.74) is 3.38. The third kappa shape index (κ3) is 4.63. The summed E-state index contributed by atoms with van der Waals surface area (Å²) in [5.74, 6) is 2.30. The number of nitrogens with one attached hydrogen (secondary N) is 4. The smallest absolute Gasteiger partial charge is 0.148 e. The lowest BCUT2D eigenvalue weighted by molar-refractivity contribution is 0.361. The van der Waals surface area contributed by atoms with E-state index < -0.39 is 5.79 Å². The third-order valence-corrected chi connectivity index (χ3v) is 5.35. The van der Waals surface area contributed by atoms with E-state index in [1.807, 2.05) is 18.2 Å². The van der Waals surface area contributed by atoms with Gasteiger partial charge in [0.2, 0.25) is 0 Å². The fraction of sp³-hybridized carbons (Fsp3) is 0.409. The van der Waals surface area contributed by atoms with E-state index >= 15 is 0 Å². The number of rotatable bonds is 8. The number of aliphatic imine (C=N–C) groups is 1. The van der Waals surface area contributed by atoms with Gasteiger partial charge in [-0.1, -0.05) is 12.1 Å². The molecule has 154 valence electrons. The zero-order chi connectivity index (χ0) is 20.1. The van der Waals surface area contributed by atoms with E-state index in [1.165, 1.54) is 5.56 Å². The molecule has 7 heteroatoms. The zero-order valence-electron chi connectivity index (χ0n) is 17.0. The zero-order valence-corrected chi connectivity index (χ0v) is 17.0. The van der Waals surface area contributed by atoms with Crippen LogP contribution in [0.15, 0.2) is 47.5 Å². The second-order valence-corrected chi connectivity index (χ2v) is 7.37. The number of nitrogens with zero attached hydrogens (tertiary/aromatic N) is 1. The largest absolute Gasteiger partial charge is 0.497 e. The SMILES string of the molecule is COc1ccc(OC)c(CC2(Nc3ccc(CC4=NCCN4)cc3)NCCN2)c1. The van der Waals surface area contributed by atoms with Crippen molar-refractivity contribution in [1.29, 1.82) is 0 Å². The van der Waals surface area contributed by atoms with Crippen molar-refractivity contribution in [2.75, 3.05) is 45.7 Å². The Kier molecular flexibility index (Phi) is 5.87. The van der Waals surface area contributed by atoms with Gasteiger partial charge in [0, 0.05) is 43.7 Å². The Hall–Kier alpha value is -2.77. The number of anilines is 1. The third-order valence-electron chi connectivity index (χ3n) is 5.35. The number of amidine groups is 1. The molecule has 0 saturated carbocycles. The van der Waals surface area contributed by atoms with Crippen LogP contribution in [-0.4, -0.2) is 52.0 Å². The van der Waals surface area contributed by atoms with Crippen LogP contribution in [0.3, 0.4) is 0 Å². The van der Waals surface area contributed by atoms with Crippen molar-refractivity contribution in [2.24, 2.45) is 4.99 Å². The molecule has 2 aromatic carbocycles. The van der Waals surface area contributed by atoms with Crippen LogP contribution < -0.4 is 30.7 Å². The topological polar surface area (TPSA) is 78.9 Å². The van der Waals surface area contributed by atoms with Crippen LogP contribution in [0.25, 0.3) is 0 Å². The maximum atomic E-state index is 5.57. The van der Waals surface area contributed by atoms with Crippen LogP contribution in [0.4, 0.5) is 5.69 Å². The average molecular weight is 396 g/mol. The van der Waals surface area contributed by atoms with Crippen molar-refractivity contribution < 1.29 is 9.47 Å². The molecule has 0 aromatic heterocycles. The number of hydrogen-bond donors (Lipinski definition) is 4. The van der Waals surface area contributed by atoms with Gasteiger partial charge < -0.3 is 20.1 Å². The van der Waals surface area contributed by atoms with Crippen molar-refractivity contribution in [1.82, 2.24) is 16.0 Å². The van der Waals surface area contributed by atoms with Gasteiger partial charge in [0.05, 0.1) is 20.8 Å². The van der Waals surface area contributed by atoms with Crippen LogP contribution in [0.2, 0.25) is 0 Å². The van der Waals surface area contributed by atoms with Crippen LogP contribution in [0.5, 0.6) is 11.5 Å². The van der Waals surface area contributed by atoms with Gasteiger partial charge in [0.15, 0.2) is 0 Å². The molecule has 29 heavy (non-hydrogen) atoms. The predicted molar refractivity (Wildman–Crippen MR) is 116 cm³/mol. The molecular weight excluding hydrogens is 366 g/mol. The monoisotopic (exact) mass is 395 g/mol. The lowest BCUT2D eigenvalue weighted by Crippen LogP contribution is -2.57. The predicted octanol–water partition coefficient (Wildman–Crippen LogP) is 1.75. The highest BCUT2D eigenvalue weighted by Crippen LogP contribution is 2.28. The van der Waals surface area contributed by atoms with Gasteiger partial charge in [0.1, 0.15) is 23.1 Å². The maximum Gasteiger partial charge on any atom is 0.148 e. The van der Waals surface area contributed by atoms with Crippen LogP contribution in [-0.2, 0) is 12.8 Å². The lowest BCUT2D eigenvalue weighted by atomic mass is 10.0. The normalized spacial score (nSPS) is 17.5. The van der Waals surface area contributed by atoms with Gasteiger partial charge in [-0.2, -0.15) is 0 Å². The summed E-state index contributed by atoms with van der Waals surface area (Å²) < 4.78 is 11.0. The van der Waals surface area contributed by atoms with Crippen molar-refractivity contribution in [3.05, 3.63) is 53.6 Å². The average Bonchev–Trinajstić information content (AvgIpc) is 3.42. The van der Waals surface area contributed by atoms with E-state index in [9.17, 15) is 0 Å². The van der Waals surface area contributed by atoms with Crippen molar-refractivity contribution in [2.45, 2.75) is 18.6 Å². The minimum Gasteiger partial charge on any atom is -0.497 e. The molecule has 0 radical (unpaired) electrons. The Morgan fingerprint density at radius 2 is 1.79 bits per heavy atom. The Morgan fingerprint density at radius 3 is 2.45 bits per heavy atom. The van der Waals surface area contributed by atoms with E-state index in [0.717, 1.165) is 61.2 Å². The van der Waals surface area contributed by atoms with E-state index in [2.05, 4.69) is 50.5 Å². The number of hydrogen-bond acceptors (Lipinski definition) is 7. The lowest BCUT2D eigenvalue weighted by Gasteiger charge is -2.33. The fourth-order valence-electron chi connectivity index (χ4n) is 3.89. The van der Waals surface area contributed by atoms with E-state index in [-0.39, 0.29) is 0 Å². The minimum absolute atomic E-state index is 0.446. The molecule has 4 N–H and O–H groups in total. The summed E-state index contributed by atoms with van der Waals surface area (Å²) in [6.07, 6.45) is 1.55. The summed E-state index contributed by atoms with van der Waals surface area (Å²) in [6, 6.07) is 14.4. The molecule has 0 spiro atoms. The first-order chi connectivity index (χ1) is 14.2. The summed E-state index contributed by atoms with van der Waals surface area (Å²) in [6.45, 7) is 3.61. The Morgan fingerprint density at radius 1 is 1.00 bits per heavy atom. The Balaban J connectivity index is 1.50. The quantitative estimate of drug-likeness (QED) is 0.546. The minimum atomic E-state index is -0.446. The van der Waals surface area contributed by atoms with Crippen LogP contribution in [0, 0.1) is 0 Å². The second kappa shape index (κ2) is 8.71. The van der Waals surface area contributed by atoms with E-state index in [0.29, 0.717) is 6.42 Å². The standard InChI is InChI=1S/C22H29N5O2/c1-28-19-7-8-20(29-2)17(14-19)15-22(25-11-12-26-22)27-18-5-3-16(4-6-18)13-21-23-9-10-24-21/h3-8,14,25-27H,9-13,15H2,1-2H3,(H,23,24). The fourth-order valence-corrected chi connectivity index (χ4v) is 3.89. The van der Waals surface area contributed by atoms with Gasteiger partial charge in [0.25, 0.3) is 0 Å². The van der Waals surface area contributed by atoms with Crippen molar-refractivity contribution >= 4 is 11.5 Å². The first-order valence-corrected chi connectivity index (χ1v) is 10.0. The molecule has 0 unspecified atom stereocenters. The highest BCUT2D eigenvalue weighted by molar-refractivity contribution is 5.85. The van der Waals surface area contributed by atoms with Crippen molar-refractivity contribution in [3.63, 3.8) is 0 Å². The molecule has 2 aromatic rings. The summed E-state index contributed by atoms with van der Waals surface area (Å²) >= 11 is 0. The van der Waals surface area contributed by atoms with Crippen molar-refractivity contribution in [3.8, 4) is 11.5 Å². The molecule has 0 aliphatic carbocycles.